The Morgan fingerprint density at radius 3 is 2.32 bits per heavy atom. The molecule has 0 aliphatic carbocycles. The highest BCUT2D eigenvalue weighted by molar-refractivity contribution is 6.32. The molecule has 7 heterocycles. The van der Waals surface area contributed by atoms with Gasteiger partial charge in [0.1, 0.15) is 17.9 Å². The van der Waals surface area contributed by atoms with Gasteiger partial charge in [0, 0.05) is 95.0 Å². The van der Waals surface area contributed by atoms with Crippen molar-refractivity contribution >= 4 is 58.3 Å². The standard InChI is InChI=1S/C42H44ClN9O5/c1-26-20-42(25-51(26)30-4-2-27(21-44)34(43)19-30)10-12-48(13-11-42)36-8-3-28(22-45-36)39(55)49-16-14-47(15-17-49)31-23-50(24-31)29-5-6-32-33(18-29)41(57)52(40(32)56)35-7-9-37(53)46-38(35)54/h2-6,8,18-19,22,26,31,35H,7,9-17,20,23-25H2,1H3,(H,46,53,54)/t26-,35?/m0/s1. The number of piperidine rings is 2. The van der Waals surface area contributed by atoms with Gasteiger partial charge in [-0.2, -0.15) is 5.26 Å². The van der Waals surface area contributed by atoms with Gasteiger partial charge in [-0.25, -0.2) is 4.98 Å². The van der Waals surface area contributed by atoms with Crippen molar-refractivity contribution in [2.75, 3.05) is 73.6 Å². The summed E-state index contributed by atoms with van der Waals surface area (Å²) in [4.78, 5) is 80.9. The van der Waals surface area contributed by atoms with Gasteiger partial charge in [-0.3, -0.25) is 39.1 Å². The van der Waals surface area contributed by atoms with E-state index in [0.717, 1.165) is 87.2 Å². The zero-order chi connectivity index (χ0) is 39.6. The average Bonchev–Trinajstić information content (AvgIpc) is 3.65. The lowest BCUT2D eigenvalue weighted by molar-refractivity contribution is -0.136. The first-order chi connectivity index (χ1) is 27.5. The van der Waals surface area contributed by atoms with Crippen LogP contribution >= 0.6 is 11.6 Å². The van der Waals surface area contributed by atoms with Crippen LogP contribution < -0.4 is 20.0 Å². The van der Waals surface area contributed by atoms with E-state index >= 15 is 0 Å². The number of hydrogen-bond acceptors (Lipinski definition) is 11. The number of nitrogens with one attached hydrogen (secondary N) is 1. The van der Waals surface area contributed by atoms with Crippen LogP contribution in [0.25, 0.3) is 0 Å². The summed E-state index contributed by atoms with van der Waals surface area (Å²) in [7, 11) is 0. The third-order valence-electron chi connectivity index (χ3n) is 13.1. The molecule has 3 aromatic rings. The van der Waals surface area contributed by atoms with Crippen LogP contribution in [0.4, 0.5) is 17.2 Å². The summed E-state index contributed by atoms with van der Waals surface area (Å²) in [5.74, 6) is -1.14. The second-order valence-corrected chi connectivity index (χ2v) is 16.8. The van der Waals surface area contributed by atoms with Crippen molar-refractivity contribution in [3.8, 4) is 6.07 Å². The second-order valence-electron chi connectivity index (χ2n) is 16.4. The number of piperazine rings is 1. The number of pyridine rings is 1. The van der Waals surface area contributed by atoms with E-state index in [1.54, 1.807) is 24.4 Å². The van der Waals surface area contributed by atoms with Gasteiger partial charge in [0.2, 0.25) is 11.8 Å². The van der Waals surface area contributed by atoms with Crippen molar-refractivity contribution in [3.63, 3.8) is 0 Å². The van der Waals surface area contributed by atoms with E-state index < -0.39 is 29.7 Å². The Morgan fingerprint density at radius 2 is 1.63 bits per heavy atom. The topological polar surface area (TPSA) is 154 Å². The summed E-state index contributed by atoms with van der Waals surface area (Å²) in [6.07, 6.45) is 5.15. The van der Waals surface area contributed by atoms with Crippen LogP contribution in [0.5, 0.6) is 0 Å². The first-order valence-corrected chi connectivity index (χ1v) is 20.2. The maximum atomic E-state index is 13.5. The largest absolute Gasteiger partial charge is 0.368 e. The second kappa shape index (κ2) is 14.5. The summed E-state index contributed by atoms with van der Waals surface area (Å²) in [6, 6.07) is 16.7. The molecule has 15 heteroatoms. The smallest absolute Gasteiger partial charge is 0.262 e. The molecule has 1 N–H and O–H groups in total. The summed E-state index contributed by atoms with van der Waals surface area (Å²) in [5, 5.41) is 12.0. The number of nitriles is 1. The number of rotatable bonds is 6. The lowest BCUT2D eigenvalue weighted by Crippen LogP contribution is -2.63. The normalized spacial score (nSPS) is 23.8. The Hall–Kier alpha value is -5.52. The summed E-state index contributed by atoms with van der Waals surface area (Å²) >= 11 is 6.37. The predicted octanol–water partition coefficient (Wildman–Crippen LogP) is 3.54. The molecule has 2 aromatic carbocycles. The molecule has 5 amide bonds. The zero-order valence-corrected chi connectivity index (χ0v) is 32.6. The average molecular weight is 790 g/mol. The number of fused-ring (bicyclic) bond motifs is 1. The maximum Gasteiger partial charge on any atom is 0.262 e. The van der Waals surface area contributed by atoms with Crippen LogP contribution in [0, 0.1) is 16.7 Å². The van der Waals surface area contributed by atoms with Crippen LogP contribution in [-0.4, -0.2) is 126 Å². The number of aromatic nitrogens is 1. The van der Waals surface area contributed by atoms with Crippen molar-refractivity contribution in [3.05, 3.63) is 82.0 Å². The van der Waals surface area contributed by atoms with Crippen LogP contribution in [-0.2, 0) is 9.59 Å². The van der Waals surface area contributed by atoms with E-state index in [2.05, 4.69) is 37.9 Å². The molecule has 0 bridgehead atoms. The highest BCUT2D eigenvalue weighted by atomic mass is 35.5. The van der Waals surface area contributed by atoms with Gasteiger partial charge < -0.3 is 19.6 Å². The number of carbonyl (C=O) groups is 5. The molecule has 6 aliphatic heterocycles. The number of carbonyl (C=O) groups excluding carboxylic acids is 5. The van der Waals surface area contributed by atoms with E-state index in [1.807, 2.05) is 35.2 Å². The lowest BCUT2D eigenvalue weighted by Gasteiger charge is -2.49. The Kier molecular flexibility index (Phi) is 9.40. The number of hydrogen-bond donors (Lipinski definition) is 1. The van der Waals surface area contributed by atoms with Crippen LogP contribution in [0.2, 0.25) is 5.02 Å². The number of amides is 5. The summed E-state index contributed by atoms with van der Waals surface area (Å²) in [6.45, 7) is 9.34. The molecule has 5 fully saturated rings. The first kappa shape index (κ1) is 37.1. The minimum absolute atomic E-state index is 0.00631. The van der Waals surface area contributed by atoms with E-state index in [1.165, 1.54) is 0 Å². The van der Waals surface area contributed by atoms with E-state index in [9.17, 15) is 29.2 Å². The highest BCUT2D eigenvalue weighted by Crippen LogP contribution is 2.46. The Bertz CT molecular complexity index is 2200. The monoisotopic (exact) mass is 789 g/mol. The number of imide groups is 2. The van der Waals surface area contributed by atoms with Crippen molar-refractivity contribution < 1.29 is 24.0 Å². The number of halogens is 1. The zero-order valence-electron chi connectivity index (χ0n) is 31.8. The van der Waals surface area contributed by atoms with Gasteiger partial charge in [-0.1, -0.05) is 11.6 Å². The van der Waals surface area contributed by atoms with Crippen molar-refractivity contribution in [2.24, 2.45) is 5.41 Å². The fourth-order valence-corrected chi connectivity index (χ4v) is 9.95. The molecular formula is C42H44ClN9O5. The Labute approximate surface area is 335 Å². The molecule has 2 atom stereocenters. The molecule has 57 heavy (non-hydrogen) atoms. The molecule has 0 saturated carbocycles. The van der Waals surface area contributed by atoms with Crippen LogP contribution in [0.15, 0.2) is 54.7 Å². The van der Waals surface area contributed by atoms with Gasteiger partial charge in [0.05, 0.1) is 27.3 Å². The van der Waals surface area contributed by atoms with Crippen LogP contribution in [0.3, 0.4) is 0 Å². The fraction of sp³-hybridized carbons (Fsp3) is 0.452. The molecule has 1 spiro atoms. The van der Waals surface area contributed by atoms with Gasteiger partial charge >= 0.3 is 0 Å². The number of nitrogens with zero attached hydrogens (tertiary/aromatic N) is 8. The molecule has 6 aliphatic rings. The Morgan fingerprint density at radius 1 is 0.895 bits per heavy atom. The third-order valence-corrected chi connectivity index (χ3v) is 13.4. The molecular weight excluding hydrogens is 746 g/mol. The number of benzene rings is 2. The molecule has 9 rings (SSSR count). The SMILES string of the molecule is C[C@H]1CC2(CCN(c3ccc(C(=O)N4CCN(C5CN(c6ccc7c(c6)C(=O)N(C6CCC(=O)NC6=O)C7=O)C5)CC4)cn3)CC2)CN1c1ccc(C#N)c(Cl)c1. The molecule has 1 unspecified atom stereocenters. The van der Waals surface area contributed by atoms with Gasteiger partial charge in [-0.05, 0) is 86.6 Å². The highest BCUT2D eigenvalue weighted by Gasteiger charge is 2.46. The summed E-state index contributed by atoms with van der Waals surface area (Å²) < 4.78 is 0. The molecule has 1 aromatic heterocycles. The first-order valence-electron chi connectivity index (χ1n) is 19.8. The minimum atomic E-state index is -0.987. The molecule has 14 nitrogen and oxygen atoms in total. The minimum Gasteiger partial charge on any atom is -0.368 e. The van der Waals surface area contributed by atoms with E-state index in [-0.39, 0.29) is 35.3 Å². The number of anilines is 3. The fourth-order valence-electron chi connectivity index (χ4n) is 9.74. The predicted molar refractivity (Wildman–Crippen MR) is 212 cm³/mol. The van der Waals surface area contributed by atoms with Crippen molar-refractivity contribution in [1.82, 2.24) is 25.0 Å². The van der Waals surface area contributed by atoms with Gasteiger partial charge in [0.15, 0.2) is 0 Å². The molecule has 294 valence electrons. The van der Waals surface area contributed by atoms with E-state index in [0.29, 0.717) is 41.3 Å². The van der Waals surface area contributed by atoms with Crippen molar-refractivity contribution in [2.45, 2.75) is 57.2 Å². The molecule has 5 saturated heterocycles. The van der Waals surface area contributed by atoms with E-state index in [4.69, 9.17) is 16.6 Å². The quantitative estimate of drug-likeness (QED) is 0.365. The Balaban J connectivity index is 0.741. The van der Waals surface area contributed by atoms with Crippen LogP contribution in [0.1, 0.15) is 75.7 Å². The molecule has 0 radical (unpaired) electrons. The summed E-state index contributed by atoms with van der Waals surface area (Å²) in [5.41, 5.74) is 3.78. The lowest BCUT2D eigenvalue weighted by atomic mass is 9.77. The van der Waals surface area contributed by atoms with Gasteiger partial charge in [0.25, 0.3) is 17.7 Å². The third kappa shape index (κ3) is 6.66. The maximum absolute atomic E-state index is 13.5. The van der Waals surface area contributed by atoms with Crippen molar-refractivity contribution in [1.29, 1.82) is 5.26 Å². The van der Waals surface area contributed by atoms with Gasteiger partial charge in [-0.15, -0.1) is 0 Å².